The van der Waals surface area contributed by atoms with Gasteiger partial charge in [0.2, 0.25) is 11.8 Å². The number of imide groups is 2. The predicted molar refractivity (Wildman–Crippen MR) is 80.9 cm³/mol. The molecule has 1 spiro atoms. The zero-order chi connectivity index (χ0) is 14.9. The molecule has 21 heavy (non-hydrogen) atoms. The fourth-order valence-electron chi connectivity index (χ4n) is 3.74. The number of nitrogens with zero attached hydrogens (tertiary/aromatic N) is 1. The van der Waals surface area contributed by atoms with Crippen molar-refractivity contribution in [2.45, 2.75) is 57.4 Å². The van der Waals surface area contributed by atoms with E-state index in [0.29, 0.717) is 12.8 Å². The second-order valence-electron chi connectivity index (χ2n) is 6.27. The lowest BCUT2D eigenvalue weighted by molar-refractivity contribution is -0.154. The summed E-state index contributed by atoms with van der Waals surface area (Å²) < 4.78 is 0. The molecule has 116 valence electrons. The summed E-state index contributed by atoms with van der Waals surface area (Å²) in [4.78, 5) is 39.0. The lowest BCUT2D eigenvalue weighted by Gasteiger charge is -2.43. The first-order valence-electron chi connectivity index (χ1n) is 7.92. The number of thioether (sulfide) groups is 1. The van der Waals surface area contributed by atoms with E-state index in [1.54, 1.807) is 0 Å². The number of urea groups is 1. The van der Waals surface area contributed by atoms with Gasteiger partial charge in [-0.15, -0.1) is 0 Å². The maximum Gasteiger partial charge on any atom is 0.331 e. The highest BCUT2D eigenvalue weighted by molar-refractivity contribution is 7.99. The van der Waals surface area contributed by atoms with Gasteiger partial charge in [-0.1, -0.05) is 25.7 Å². The van der Waals surface area contributed by atoms with Crippen LogP contribution in [0.4, 0.5) is 4.79 Å². The third kappa shape index (κ3) is 2.58. The van der Waals surface area contributed by atoms with Crippen molar-refractivity contribution < 1.29 is 14.4 Å². The molecule has 0 atom stereocenters. The molecule has 2 heterocycles. The molecule has 0 aromatic carbocycles. The minimum absolute atomic E-state index is 0.0352. The first kappa shape index (κ1) is 14.9. The van der Waals surface area contributed by atoms with Crippen molar-refractivity contribution in [2.24, 2.45) is 5.41 Å². The minimum Gasteiger partial charge on any atom is -0.277 e. The summed E-state index contributed by atoms with van der Waals surface area (Å²) in [7, 11) is 0. The van der Waals surface area contributed by atoms with E-state index in [1.807, 2.05) is 11.8 Å². The zero-order valence-corrected chi connectivity index (χ0v) is 13.0. The number of nitrogens with one attached hydrogen (secondary N) is 1. The van der Waals surface area contributed by atoms with E-state index >= 15 is 0 Å². The minimum atomic E-state index is -0.977. The average molecular weight is 310 g/mol. The van der Waals surface area contributed by atoms with Crippen molar-refractivity contribution in [3.05, 3.63) is 0 Å². The van der Waals surface area contributed by atoms with Crippen LogP contribution < -0.4 is 5.32 Å². The van der Waals surface area contributed by atoms with Crippen molar-refractivity contribution >= 4 is 29.6 Å². The Balaban J connectivity index is 1.88. The Hall–Kier alpha value is -1.04. The van der Waals surface area contributed by atoms with Gasteiger partial charge in [0.1, 0.15) is 5.41 Å². The number of hydrogen-bond acceptors (Lipinski definition) is 4. The molecule has 1 saturated carbocycles. The Labute approximate surface area is 129 Å². The summed E-state index contributed by atoms with van der Waals surface area (Å²) in [5, 5.41) is 2.47. The Morgan fingerprint density at radius 3 is 2.24 bits per heavy atom. The number of carbonyl (C=O) groups excluding carboxylic acids is 3. The van der Waals surface area contributed by atoms with Gasteiger partial charge in [-0.05, 0) is 37.2 Å². The van der Waals surface area contributed by atoms with Crippen LogP contribution in [0.15, 0.2) is 0 Å². The number of carbonyl (C=O) groups is 3. The summed E-state index contributed by atoms with van der Waals surface area (Å²) >= 11 is 1.86. The van der Waals surface area contributed by atoms with Gasteiger partial charge in [-0.3, -0.25) is 19.8 Å². The van der Waals surface area contributed by atoms with Crippen LogP contribution in [-0.2, 0) is 9.59 Å². The fourth-order valence-corrected chi connectivity index (χ4v) is 4.83. The molecule has 0 radical (unpaired) electrons. The molecule has 6 heteroatoms. The van der Waals surface area contributed by atoms with E-state index in [0.717, 1.165) is 50.0 Å². The van der Waals surface area contributed by atoms with Crippen LogP contribution in [0.2, 0.25) is 0 Å². The summed E-state index contributed by atoms with van der Waals surface area (Å²) in [6, 6.07) is -0.538. The van der Waals surface area contributed by atoms with Crippen molar-refractivity contribution in [2.75, 3.05) is 11.5 Å². The lowest BCUT2D eigenvalue weighted by Crippen LogP contribution is -2.66. The second kappa shape index (κ2) is 5.99. The molecule has 2 saturated heterocycles. The van der Waals surface area contributed by atoms with E-state index in [4.69, 9.17) is 0 Å². The molecule has 4 amide bonds. The van der Waals surface area contributed by atoms with Gasteiger partial charge < -0.3 is 0 Å². The topological polar surface area (TPSA) is 66.5 Å². The Morgan fingerprint density at radius 2 is 1.62 bits per heavy atom. The van der Waals surface area contributed by atoms with E-state index in [1.165, 1.54) is 4.90 Å². The smallest absolute Gasteiger partial charge is 0.277 e. The van der Waals surface area contributed by atoms with Crippen LogP contribution in [0.1, 0.15) is 51.4 Å². The molecule has 3 aliphatic rings. The largest absolute Gasteiger partial charge is 0.331 e. The van der Waals surface area contributed by atoms with Crippen LogP contribution >= 0.6 is 11.8 Å². The van der Waals surface area contributed by atoms with E-state index in [9.17, 15) is 14.4 Å². The number of barbiturate groups is 1. The van der Waals surface area contributed by atoms with Gasteiger partial charge in [0, 0.05) is 6.04 Å². The van der Waals surface area contributed by atoms with E-state index in [2.05, 4.69) is 5.32 Å². The molecule has 1 N–H and O–H groups in total. The summed E-state index contributed by atoms with van der Waals surface area (Å²) in [5.74, 6) is 1.36. The first-order valence-corrected chi connectivity index (χ1v) is 9.07. The normalized spacial score (nSPS) is 27.6. The van der Waals surface area contributed by atoms with Gasteiger partial charge in [0.15, 0.2) is 0 Å². The van der Waals surface area contributed by atoms with Crippen LogP contribution in [-0.4, -0.2) is 40.3 Å². The molecule has 0 bridgehead atoms. The van der Waals surface area contributed by atoms with Crippen LogP contribution in [0.5, 0.6) is 0 Å². The molecule has 3 fully saturated rings. The van der Waals surface area contributed by atoms with Gasteiger partial charge >= 0.3 is 6.03 Å². The highest BCUT2D eigenvalue weighted by Crippen LogP contribution is 2.40. The lowest BCUT2D eigenvalue weighted by atomic mass is 9.76. The third-order valence-corrected chi connectivity index (χ3v) is 6.06. The van der Waals surface area contributed by atoms with Crippen molar-refractivity contribution in [3.8, 4) is 0 Å². The van der Waals surface area contributed by atoms with Gasteiger partial charge in [0.25, 0.3) is 0 Å². The van der Waals surface area contributed by atoms with Crippen molar-refractivity contribution in [1.29, 1.82) is 0 Å². The fraction of sp³-hybridized carbons (Fsp3) is 0.800. The molecule has 5 nitrogen and oxygen atoms in total. The molecule has 0 unspecified atom stereocenters. The van der Waals surface area contributed by atoms with Gasteiger partial charge in [-0.25, -0.2) is 4.79 Å². The van der Waals surface area contributed by atoms with Crippen molar-refractivity contribution in [3.63, 3.8) is 0 Å². The zero-order valence-electron chi connectivity index (χ0n) is 12.2. The average Bonchev–Trinajstić information content (AvgIpc) is 2.74. The van der Waals surface area contributed by atoms with Gasteiger partial charge in [-0.2, -0.15) is 11.8 Å². The third-order valence-electron chi connectivity index (χ3n) is 5.02. The molecule has 3 rings (SSSR count). The molecule has 0 aromatic rings. The van der Waals surface area contributed by atoms with E-state index < -0.39 is 11.4 Å². The number of rotatable bonds is 1. The molecule has 0 aromatic heterocycles. The summed E-state index contributed by atoms with van der Waals surface area (Å²) in [5.41, 5.74) is -0.977. The predicted octanol–water partition coefficient (Wildman–Crippen LogP) is 2.30. The maximum absolute atomic E-state index is 13.0. The monoisotopic (exact) mass is 310 g/mol. The molecular weight excluding hydrogens is 288 g/mol. The highest BCUT2D eigenvalue weighted by atomic mass is 32.2. The summed E-state index contributed by atoms with van der Waals surface area (Å²) in [6.07, 6.45) is 6.77. The van der Waals surface area contributed by atoms with E-state index in [-0.39, 0.29) is 17.9 Å². The number of amides is 4. The Morgan fingerprint density at radius 1 is 1.00 bits per heavy atom. The molecule has 2 aliphatic heterocycles. The molecular formula is C15H22N2O3S. The van der Waals surface area contributed by atoms with Gasteiger partial charge in [0.05, 0.1) is 0 Å². The Kier molecular flexibility index (Phi) is 4.24. The highest BCUT2D eigenvalue weighted by Gasteiger charge is 2.54. The van der Waals surface area contributed by atoms with Crippen molar-refractivity contribution in [1.82, 2.24) is 10.2 Å². The quantitative estimate of drug-likeness (QED) is 0.755. The second-order valence-corrected chi connectivity index (χ2v) is 7.50. The van der Waals surface area contributed by atoms with Crippen LogP contribution in [0.3, 0.4) is 0 Å². The van der Waals surface area contributed by atoms with Crippen LogP contribution in [0.25, 0.3) is 0 Å². The number of hydrogen-bond donors (Lipinski definition) is 1. The standard InChI is InChI=1S/C15H22N2O3S/c18-12-15(7-3-1-2-4-8-15)13(19)17(14(20)16-12)11-5-9-21-10-6-11/h11H,1-10H2,(H,16,18,20). The molecule has 1 aliphatic carbocycles. The SMILES string of the molecule is O=C1NC(=O)C2(CCCCCC2)C(=O)N1C1CCSCC1. The summed E-state index contributed by atoms with van der Waals surface area (Å²) in [6.45, 7) is 0. The maximum atomic E-state index is 13.0. The first-order chi connectivity index (χ1) is 10.1. The van der Waals surface area contributed by atoms with Crippen LogP contribution in [0, 0.1) is 5.41 Å². The Bertz CT molecular complexity index is 452.